The normalized spacial score (nSPS) is 48.8. The van der Waals surface area contributed by atoms with E-state index in [0.29, 0.717) is 62.2 Å². The molecule has 2 aliphatic heterocycles. The van der Waals surface area contributed by atoms with Gasteiger partial charge in [0.25, 0.3) is 0 Å². The van der Waals surface area contributed by atoms with Crippen molar-refractivity contribution in [1.82, 2.24) is 0 Å². The monoisotopic (exact) mass is 624 g/mol. The number of hydrogen-bond acceptors (Lipinski definition) is 9. The largest absolute Gasteiger partial charge is 0.462 e. The SMILES string of the molecule is COC12CC3CC(C1)CC(OC(=O)C1(CC(=O)OC(=O)C45CC6CC(CC(C(C)=O)(C6)C4)C5)CC4CCCC(C1)C(=O)O4)(C3)C2. The lowest BCUT2D eigenvalue weighted by Crippen LogP contribution is -2.62. The molecule has 8 saturated carbocycles. The third-order valence-corrected chi connectivity index (χ3v) is 14.0. The van der Waals surface area contributed by atoms with E-state index in [2.05, 4.69) is 0 Å². The lowest BCUT2D eigenvalue weighted by Gasteiger charge is -2.60. The number of ketones is 1. The van der Waals surface area contributed by atoms with Gasteiger partial charge in [0, 0.05) is 25.4 Å². The second-order valence-electron chi connectivity index (χ2n) is 17.3. The smallest absolute Gasteiger partial charge is 0.319 e. The summed E-state index contributed by atoms with van der Waals surface area (Å²) in [5.74, 6) is -0.961. The Morgan fingerprint density at radius 1 is 0.756 bits per heavy atom. The molecule has 7 unspecified atom stereocenters. The van der Waals surface area contributed by atoms with E-state index in [1.165, 1.54) is 0 Å². The minimum Gasteiger partial charge on any atom is -0.462 e. The van der Waals surface area contributed by atoms with Crippen LogP contribution in [0.4, 0.5) is 0 Å². The number of Topliss-reactive ketones (excluding diaryl/α,β-unsaturated/α-hetero) is 1. The van der Waals surface area contributed by atoms with Crippen molar-refractivity contribution in [3.8, 4) is 0 Å². The summed E-state index contributed by atoms with van der Waals surface area (Å²) >= 11 is 0. The van der Waals surface area contributed by atoms with E-state index in [9.17, 15) is 24.0 Å². The molecule has 10 aliphatic rings. The van der Waals surface area contributed by atoms with Crippen LogP contribution in [0.5, 0.6) is 0 Å². The second kappa shape index (κ2) is 10.1. The molecule has 2 saturated heterocycles. The van der Waals surface area contributed by atoms with Crippen LogP contribution in [-0.2, 0) is 42.9 Å². The van der Waals surface area contributed by atoms with E-state index in [0.717, 1.165) is 57.8 Å². The third kappa shape index (κ3) is 4.83. The number of hydrogen-bond donors (Lipinski definition) is 0. The highest BCUT2D eigenvalue weighted by Crippen LogP contribution is 2.66. The molecular formula is C36H48O9. The van der Waals surface area contributed by atoms with E-state index >= 15 is 0 Å². The van der Waals surface area contributed by atoms with E-state index in [4.69, 9.17) is 18.9 Å². The van der Waals surface area contributed by atoms with Crippen LogP contribution in [0.2, 0.25) is 0 Å². The molecule has 0 radical (unpaired) electrons. The summed E-state index contributed by atoms with van der Waals surface area (Å²) < 4.78 is 24.2. The second-order valence-corrected chi connectivity index (χ2v) is 17.3. The Hall–Kier alpha value is -2.29. The summed E-state index contributed by atoms with van der Waals surface area (Å²) in [6, 6.07) is 0. The minimum absolute atomic E-state index is 0.136. The Morgan fingerprint density at radius 2 is 1.38 bits per heavy atom. The number of carbonyl (C=O) groups is 5. The highest BCUT2D eigenvalue weighted by molar-refractivity contribution is 5.93. The Labute approximate surface area is 265 Å². The third-order valence-electron chi connectivity index (χ3n) is 14.0. The summed E-state index contributed by atoms with van der Waals surface area (Å²) in [5, 5.41) is 0. The Balaban J connectivity index is 1.05. The molecule has 10 bridgehead atoms. The number of esters is 4. The van der Waals surface area contributed by atoms with Gasteiger partial charge in [-0.25, -0.2) is 0 Å². The van der Waals surface area contributed by atoms with Gasteiger partial charge in [0.2, 0.25) is 0 Å². The zero-order valence-electron chi connectivity index (χ0n) is 26.9. The first-order valence-corrected chi connectivity index (χ1v) is 17.6. The van der Waals surface area contributed by atoms with E-state index in [1.54, 1.807) is 14.0 Å². The topological polar surface area (TPSA) is 122 Å². The molecule has 0 spiro atoms. The molecule has 45 heavy (non-hydrogen) atoms. The zero-order valence-corrected chi connectivity index (χ0v) is 26.9. The molecule has 10 fully saturated rings. The summed E-state index contributed by atoms with van der Waals surface area (Å²) in [7, 11) is 1.76. The number of ether oxygens (including phenoxy) is 4. The van der Waals surface area contributed by atoms with Crippen LogP contribution in [0.15, 0.2) is 0 Å². The highest BCUT2D eigenvalue weighted by atomic mass is 16.6. The Bertz CT molecular complexity index is 1310. The van der Waals surface area contributed by atoms with E-state index in [1.807, 2.05) is 0 Å². The average molecular weight is 625 g/mol. The van der Waals surface area contributed by atoms with Crippen molar-refractivity contribution in [3.05, 3.63) is 0 Å². The molecule has 0 aromatic heterocycles. The van der Waals surface area contributed by atoms with Gasteiger partial charge in [0.05, 0.1) is 28.8 Å². The zero-order chi connectivity index (χ0) is 31.4. The van der Waals surface area contributed by atoms with Crippen LogP contribution in [-0.4, -0.2) is 54.1 Å². The van der Waals surface area contributed by atoms with Crippen LogP contribution in [0, 0.1) is 45.8 Å². The van der Waals surface area contributed by atoms with Gasteiger partial charge in [-0.1, -0.05) is 0 Å². The van der Waals surface area contributed by atoms with Gasteiger partial charge in [-0.2, -0.15) is 0 Å². The lowest BCUT2D eigenvalue weighted by molar-refractivity contribution is -0.234. The maximum Gasteiger partial charge on any atom is 0.319 e. The fourth-order valence-corrected chi connectivity index (χ4v) is 12.9. The summed E-state index contributed by atoms with van der Waals surface area (Å²) in [6.45, 7) is 1.64. The van der Waals surface area contributed by atoms with Gasteiger partial charge in [-0.05, 0) is 127 Å². The maximum absolute atomic E-state index is 14.6. The number of fused-ring (bicyclic) bond motifs is 3. The van der Waals surface area contributed by atoms with Gasteiger partial charge in [-0.15, -0.1) is 0 Å². The summed E-state index contributed by atoms with van der Waals surface area (Å²) in [4.78, 5) is 68.2. The molecular weight excluding hydrogens is 576 g/mol. The van der Waals surface area contributed by atoms with Gasteiger partial charge in [-0.3, -0.25) is 24.0 Å². The maximum atomic E-state index is 14.6. The number of methoxy groups -OCH3 is 1. The van der Waals surface area contributed by atoms with Crippen molar-refractivity contribution < 1.29 is 42.9 Å². The van der Waals surface area contributed by atoms with Gasteiger partial charge in [0.1, 0.15) is 17.5 Å². The van der Waals surface area contributed by atoms with Crippen LogP contribution in [0.25, 0.3) is 0 Å². The van der Waals surface area contributed by atoms with Gasteiger partial charge >= 0.3 is 23.9 Å². The van der Waals surface area contributed by atoms with Crippen LogP contribution >= 0.6 is 0 Å². The van der Waals surface area contributed by atoms with Gasteiger partial charge in [0.15, 0.2) is 0 Å². The minimum atomic E-state index is -1.31. The Morgan fingerprint density at radius 3 is 2.02 bits per heavy atom. The molecule has 0 aromatic rings. The van der Waals surface area contributed by atoms with Crippen LogP contribution in [0.1, 0.15) is 122 Å². The molecule has 9 heteroatoms. The molecule has 7 atom stereocenters. The first-order chi connectivity index (χ1) is 21.4. The van der Waals surface area contributed by atoms with Gasteiger partial charge < -0.3 is 18.9 Å². The molecule has 10 rings (SSSR count). The van der Waals surface area contributed by atoms with Crippen molar-refractivity contribution in [1.29, 1.82) is 0 Å². The molecule has 2 heterocycles. The first kappa shape index (κ1) is 30.1. The molecule has 0 amide bonds. The molecule has 9 nitrogen and oxygen atoms in total. The fraction of sp³-hybridized carbons (Fsp3) is 0.861. The van der Waals surface area contributed by atoms with Crippen molar-refractivity contribution in [2.75, 3.05) is 7.11 Å². The Kier molecular flexibility index (Phi) is 6.75. The van der Waals surface area contributed by atoms with Crippen molar-refractivity contribution in [2.24, 2.45) is 45.8 Å². The fourth-order valence-electron chi connectivity index (χ4n) is 12.9. The molecule has 0 N–H and O–H groups in total. The predicted octanol–water partition coefficient (Wildman–Crippen LogP) is 5.40. The average Bonchev–Trinajstić information content (AvgIpc) is 3.18. The first-order valence-electron chi connectivity index (χ1n) is 17.6. The number of rotatable bonds is 7. The summed E-state index contributed by atoms with van der Waals surface area (Å²) in [5.41, 5.74) is -3.56. The molecule has 246 valence electrons. The molecule has 8 aliphatic carbocycles. The number of carbonyl (C=O) groups excluding carboxylic acids is 5. The van der Waals surface area contributed by atoms with E-state index in [-0.39, 0.29) is 36.6 Å². The van der Waals surface area contributed by atoms with Crippen LogP contribution < -0.4 is 0 Å². The highest BCUT2D eigenvalue weighted by Gasteiger charge is 2.64. The molecule has 0 aromatic carbocycles. The standard InChI is InChI=1S/C36H48O9/c1-21(37)33-8-22-6-23(9-33)11-34(10-22,19-33)30(40)44-28(38)18-32(16-26-4-3-5-27(17-32)43-29(26)39)31(41)45-36-14-24-7-25(15-36)13-35(12-24,20-36)42-2/h22-27H,3-20H2,1-2H3. The van der Waals surface area contributed by atoms with E-state index < -0.39 is 51.8 Å². The van der Waals surface area contributed by atoms with Crippen LogP contribution in [0.3, 0.4) is 0 Å². The lowest BCUT2D eigenvalue weighted by atomic mass is 9.43. The van der Waals surface area contributed by atoms with Crippen molar-refractivity contribution in [3.63, 3.8) is 0 Å². The van der Waals surface area contributed by atoms with Crippen molar-refractivity contribution in [2.45, 2.75) is 140 Å². The van der Waals surface area contributed by atoms with Crippen molar-refractivity contribution >= 4 is 29.7 Å². The predicted molar refractivity (Wildman–Crippen MR) is 158 cm³/mol. The summed E-state index contributed by atoms with van der Waals surface area (Å²) in [6.07, 6.45) is 11.4. The quantitative estimate of drug-likeness (QED) is 0.208.